The van der Waals surface area contributed by atoms with Crippen LogP contribution in [0.1, 0.15) is 5.69 Å². The Kier molecular flexibility index (Phi) is 1.96. The number of hydrogen-bond donors (Lipinski definition) is 2. The van der Waals surface area contributed by atoms with Crippen molar-refractivity contribution in [2.75, 3.05) is 0 Å². The van der Waals surface area contributed by atoms with Crippen LogP contribution in [0.15, 0.2) is 10.9 Å². The third-order valence-electron chi connectivity index (χ3n) is 0.744. The second kappa shape index (κ2) is 2.76. The first-order valence-electron chi connectivity index (χ1n) is 2.17. The molecule has 0 aliphatic heterocycles. The van der Waals surface area contributed by atoms with Gasteiger partial charge in [-0.25, -0.2) is 4.98 Å². The molecule has 2 N–H and O–H groups in total. The predicted octanol–water partition coefficient (Wildman–Crippen LogP) is 0.622. The lowest BCUT2D eigenvalue weighted by atomic mass is 10.5. The minimum Gasteiger partial charge on any atom is -0.316 e. The average molecular weight is 130 g/mol. The molecular formula is C4H6N2OS. The maximum atomic E-state index is 8.15. The summed E-state index contributed by atoms with van der Waals surface area (Å²) in [4.78, 5) is 3.90. The van der Waals surface area contributed by atoms with Crippen LogP contribution >= 0.6 is 11.3 Å². The van der Waals surface area contributed by atoms with Crippen molar-refractivity contribution in [3.8, 4) is 0 Å². The van der Waals surface area contributed by atoms with Crippen LogP contribution in [0.4, 0.5) is 0 Å². The molecule has 0 radical (unpaired) electrons. The zero-order valence-electron chi connectivity index (χ0n) is 4.16. The highest BCUT2D eigenvalue weighted by molar-refractivity contribution is 7.07. The lowest BCUT2D eigenvalue weighted by Crippen LogP contribution is -2.05. The predicted molar refractivity (Wildman–Crippen MR) is 30.7 cm³/mol. The molecule has 0 aromatic carbocycles. The number of hydrogen-bond acceptors (Lipinski definition) is 4. The van der Waals surface area contributed by atoms with Crippen molar-refractivity contribution in [3.63, 3.8) is 0 Å². The van der Waals surface area contributed by atoms with Crippen LogP contribution in [0.2, 0.25) is 0 Å². The van der Waals surface area contributed by atoms with E-state index in [0.717, 1.165) is 5.69 Å². The molecule has 1 aromatic heterocycles. The van der Waals surface area contributed by atoms with E-state index in [-0.39, 0.29) is 0 Å². The van der Waals surface area contributed by atoms with Crippen LogP contribution in [0, 0.1) is 0 Å². The maximum Gasteiger partial charge on any atom is 0.0795 e. The van der Waals surface area contributed by atoms with Crippen molar-refractivity contribution in [1.82, 2.24) is 10.5 Å². The first kappa shape index (κ1) is 5.68. The fraction of sp³-hybridized carbons (Fsp3) is 0.250. The van der Waals surface area contributed by atoms with Crippen molar-refractivity contribution in [2.24, 2.45) is 0 Å². The van der Waals surface area contributed by atoms with Gasteiger partial charge >= 0.3 is 0 Å². The number of rotatable bonds is 2. The minimum atomic E-state index is 0.434. The van der Waals surface area contributed by atoms with Gasteiger partial charge < -0.3 is 5.21 Å². The van der Waals surface area contributed by atoms with Gasteiger partial charge in [-0.2, -0.15) is 5.48 Å². The molecule has 0 atom stereocenters. The van der Waals surface area contributed by atoms with Gasteiger partial charge in [-0.3, -0.25) is 0 Å². The second-order valence-corrected chi connectivity index (χ2v) is 2.03. The first-order chi connectivity index (χ1) is 3.93. The highest BCUT2D eigenvalue weighted by Crippen LogP contribution is 1.98. The standard InChI is InChI=1S/C4H6N2OS/c7-6-1-4-2-8-3-5-4/h2-3,6-7H,1H2. The highest BCUT2D eigenvalue weighted by atomic mass is 32.1. The molecule has 1 rings (SSSR count). The summed E-state index contributed by atoms with van der Waals surface area (Å²) in [7, 11) is 0. The van der Waals surface area contributed by atoms with E-state index in [4.69, 9.17) is 5.21 Å². The molecular weight excluding hydrogens is 124 g/mol. The Labute approximate surface area is 51.0 Å². The van der Waals surface area contributed by atoms with Gasteiger partial charge in [0.1, 0.15) is 0 Å². The normalized spacial score (nSPS) is 9.62. The van der Waals surface area contributed by atoms with Crippen LogP contribution in [-0.2, 0) is 6.54 Å². The molecule has 1 aromatic rings. The Morgan fingerprint density at radius 2 is 2.75 bits per heavy atom. The molecule has 0 saturated carbocycles. The number of nitrogens with zero attached hydrogens (tertiary/aromatic N) is 1. The zero-order valence-corrected chi connectivity index (χ0v) is 4.98. The van der Waals surface area contributed by atoms with Crippen LogP contribution in [0.5, 0.6) is 0 Å². The van der Waals surface area contributed by atoms with Gasteiger partial charge in [-0.05, 0) is 0 Å². The van der Waals surface area contributed by atoms with Crippen molar-refractivity contribution >= 4 is 11.3 Å². The molecule has 4 heteroatoms. The minimum absolute atomic E-state index is 0.434. The largest absolute Gasteiger partial charge is 0.316 e. The topological polar surface area (TPSA) is 45.1 Å². The van der Waals surface area contributed by atoms with E-state index in [0.29, 0.717) is 6.54 Å². The van der Waals surface area contributed by atoms with Crippen molar-refractivity contribution in [2.45, 2.75) is 6.54 Å². The summed E-state index contributed by atoms with van der Waals surface area (Å²) in [5, 5.41) is 10.0. The second-order valence-electron chi connectivity index (χ2n) is 1.31. The summed E-state index contributed by atoms with van der Waals surface area (Å²) in [6.45, 7) is 0.434. The lowest BCUT2D eigenvalue weighted by Gasteiger charge is -1.87. The lowest BCUT2D eigenvalue weighted by molar-refractivity contribution is 0.160. The molecule has 0 aliphatic rings. The molecule has 0 spiro atoms. The SMILES string of the molecule is ONCc1cscn1. The van der Waals surface area contributed by atoms with Gasteiger partial charge in [0.25, 0.3) is 0 Å². The van der Waals surface area contributed by atoms with Gasteiger partial charge in [0.05, 0.1) is 17.7 Å². The van der Waals surface area contributed by atoms with Gasteiger partial charge in [-0.15, -0.1) is 11.3 Å². The highest BCUT2D eigenvalue weighted by Gasteiger charge is 1.88. The summed E-state index contributed by atoms with van der Waals surface area (Å²) in [5.74, 6) is 0. The molecule has 8 heavy (non-hydrogen) atoms. The fourth-order valence-corrected chi connectivity index (χ4v) is 0.964. The fourth-order valence-electron chi connectivity index (χ4n) is 0.406. The molecule has 0 unspecified atom stereocenters. The van der Waals surface area contributed by atoms with E-state index < -0.39 is 0 Å². The third-order valence-corrected chi connectivity index (χ3v) is 1.38. The van der Waals surface area contributed by atoms with E-state index in [2.05, 4.69) is 4.98 Å². The monoisotopic (exact) mass is 130 g/mol. The number of thiazole rings is 1. The van der Waals surface area contributed by atoms with Crippen molar-refractivity contribution in [3.05, 3.63) is 16.6 Å². The van der Waals surface area contributed by atoms with Gasteiger partial charge in [0, 0.05) is 5.38 Å². The van der Waals surface area contributed by atoms with Crippen molar-refractivity contribution < 1.29 is 5.21 Å². The Bertz CT molecular complexity index is 140. The molecule has 0 aliphatic carbocycles. The van der Waals surface area contributed by atoms with E-state index in [1.807, 2.05) is 10.9 Å². The van der Waals surface area contributed by atoms with E-state index in [1.165, 1.54) is 11.3 Å². The van der Waals surface area contributed by atoms with Crippen LogP contribution in [-0.4, -0.2) is 10.2 Å². The molecule has 0 fully saturated rings. The van der Waals surface area contributed by atoms with Crippen LogP contribution in [0.3, 0.4) is 0 Å². The summed E-state index contributed by atoms with van der Waals surface area (Å²) >= 11 is 1.52. The number of nitrogens with one attached hydrogen (secondary N) is 1. The summed E-state index contributed by atoms with van der Waals surface area (Å²) in [6.07, 6.45) is 0. The van der Waals surface area contributed by atoms with Gasteiger partial charge in [-0.1, -0.05) is 0 Å². The maximum absolute atomic E-state index is 8.15. The molecule has 1 heterocycles. The molecule has 0 saturated heterocycles. The molecule has 3 nitrogen and oxygen atoms in total. The van der Waals surface area contributed by atoms with E-state index in [1.54, 1.807) is 5.51 Å². The first-order valence-corrected chi connectivity index (χ1v) is 3.12. The Hall–Kier alpha value is -0.450. The zero-order chi connectivity index (χ0) is 5.82. The Balaban J connectivity index is 2.50. The quantitative estimate of drug-likeness (QED) is 0.577. The van der Waals surface area contributed by atoms with Gasteiger partial charge in [0.15, 0.2) is 0 Å². The average Bonchev–Trinajstić information content (AvgIpc) is 2.19. The molecule has 0 bridgehead atoms. The van der Waals surface area contributed by atoms with E-state index >= 15 is 0 Å². The van der Waals surface area contributed by atoms with Gasteiger partial charge in [0.2, 0.25) is 0 Å². The molecule has 44 valence electrons. The summed E-state index contributed by atoms with van der Waals surface area (Å²) < 4.78 is 0. The Morgan fingerprint density at radius 3 is 3.25 bits per heavy atom. The molecule has 0 amide bonds. The van der Waals surface area contributed by atoms with Crippen LogP contribution in [0.25, 0.3) is 0 Å². The Morgan fingerprint density at radius 1 is 1.88 bits per heavy atom. The summed E-state index contributed by atoms with van der Waals surface area (Å²) in [6, 6.07) is 0. The smallest absolute Gasteiger partial charge is 0.0795 e. The van der Waals surface area contributed by atoms with E-state index in [9.17, 15) is 0 Å². The third kappa shape index (κ3) is 1.26. The van der Waals surface area contributed by atoms with Crippen molar-refractivity contribution in [1.29, 1.82) is 0 Å². The summed E-state index contributed by atoms with van der Waals surface area (Å²) in [5.41, 5.74) is 4.62. The van der Waals surface area contributed by atoms with Crippen LogP contribution < -0.4 is 5.48 Å². The number of aromatic nitrogens is 1. The number of hydroxylamine groups is 1.